The number of aliphatic hydroxyl groups is 1. The van der Waals surface area contributed by atoms with E-state index >= 15 is 0 Å². The summed E-state index contributed by atoms with van der Waals surface area (Å²) in [7, 11) is -15.7. The molecule has 0 aliphatic carbocycles. The number of piperazine rings is 1. The quantitative estimate of drug-likeness (QED) is 0.0702. The smallest absolute Gasteiger partial charge is 0.409 e. The predicted molar refractivity (Wildman–Crippen MR) is 345 cm³/mol. The number of carbonyl (C=O) groups excluding carboxylic acids is 1. The SMILES string of the molecule is [3H][C@H]1CN(P(C)(=O)OC[C@@H]2CN(P(C)(=O)OC[C@@H]3CN(P(C)(=O)OC[C@@H]4CN(C)C[C@H](C)O4)C[C@H](C)O3)C[C@H](C)O2)C[C@@H](COP(C)(=O)N2C[C@@H](COP(C)(=O)N3C[C@@H](COP(=O)(N(C)C)N4CCN(C(=O)OCCOCCOCCO)CC4)O[C@@H](C)C3)O[C@@H](C)C2)O1. The molecule has 0 radical (unpaired) electrons. The van der Waals surface area contributed by atoms with Gasteiger partial charge in [-0.25, -0.2) is 37.5 Å². The van der Waals surface area contributed by atoms with E-state index in [0.29, 0.717) is 32.8 Å². The first-order chi connectivity index (χ1) is 43.6. The molecule has 7 fully saturated rings. The molecule has 538 valence electrons. The minimum atomic E-state index is -3.61. The molecule has 6 unspecified atom stereocenters. The number of carbonyl (C=O) groups is 1. The van der Waals surface area contributed by atoms with Crippen molar-refractivity contribution in [1.29, 1.82) is 0 Å². The minimum absolute atomic E-state index is 0.0214. The van der Waals surface area contributed by atoms with Crippen LogP contribution in [-0.2, 0) is 97.2 Å². The lowest BCUT2D eigenvalue weighted by Gasteiger charge is -2.43. The predicted octanol–water partition coefficient (Wildman–Crippen LogP) is 4.43. The molecule has 0 spiro atoms. The van der Waals surface area contributed by atoms with E-state index < -0.39 is 94.6 Å². The minimum Gasteiger partial charge on any atom is -0.447 e. The number of morpholine rings is 6. The average Bonchev–Trinajstić information content (AvgIpc) is 0.830. The van der Waals surface area contributed by atoms with Gasteiger partial charge in [-0.15, -0.1) is 0 Å². The van der Waals surface area contributed by atoms with Crippen molar-refractivity contribution in [3.63, 3.8) is 0 Å². The lowest BCUT2D eigenvalue weighted by Crippen LogP contribution is -2.50. The monoisotopic (exact) mass is 1440 g/mol. The number of rotatable bonds is 33. The molecule has 1 amide bonds. The zero-order chi connectivity index (χ0) is 68.1. The Balaban J connectivity index is 0.829. The van der Waals surface area contributed by atoms with Gasteiger partial charge < -0.3 is 84.7 Å². The fourth-order valence-electron chi connectivity index (χ4n) is 12.0. The highest BCUT2D eigenvalue weighted by atomic mass is 31.2. The second-order valence-corrected chi connectivity index (χ2v) is 40.2. The Hall–Kier alpha value is -0.270. The Morgan fingerprint density at radius 2 is 0.783 bits per heavy atom. The van der Waals surface area contributed by atoms with Crippen molar-refractivity contribution in [3.05, 3.63) is 0 Å². The maximum Gasteiger partial charge on any atom is 0.409 e. The Morgan fingerprint density at radius 1 is 0.446 bits per heavy atom. The van der Waals surface area contributed by atoms with Crippen LogP contribution in [0.4, 0.5) is 4.79 Å². The van der Waals surface area contributed by atoms with Crippen LogP contribution in [0.2, 0.25) is 0 Å². The van der Waals surface area contributed by atoms with Crippen molar-refractivity contribution < 1.29 is 108 Å². The zero-order valence-electron chi connectivity index (χ0n) is 57.4. The van der Waals surface area contributed by atoms with Crippen LogP contribution in [0, 0.1) is 0 Å². The fourth-order valence-corrected chi connectivity index (χ4v) is 21.8. The van der Waals surface area contributed by atoms with Gasteiger partial charge in [-0.2, -0.15) is 0 Å². The molecule has 0 aromatic carbocycles. The van der Waals surface area contributed by atoms with Gasteiger partial charge in [-0.3, -0.25) is 27.4 Å². The molecule has 7 saturated heterocycles. The molecule has 0 bridgehead atoms. The first-order valence-corrected chi connectivity index (χ1v) is 43.6. The van der Waals surface area contributed by atoms with Gasteiger partial charge >= 0.3 is 13.8 Å². The van der Waals surface area contributed by atoms with Crippen molar-refractivity contribution in [3.8, 4) is 0 Å². The van der Waals surface area contributed by atoms with E-state index in [4.69, 9.17) is 76.3 Å². The standard InChI is InChI=1S/C54H109N9O23P6/c1-43-26-56(8)31-49(82-43)38-78-89(11,68)61-28-46(4)85-52(35-61)41-79-90(12,69)62-29-45(3)83-50(33-62)39-77-87(9,66)59-18-20-74-48(32-59)37-76-88(10,67)60-27-44(2)84-51(34-60)40-80-91(13,70)63-30-47(5)86-53(36-63)42-81-92(71,55(6)7)58-16-14-57(15-17-58)54(65)75-25-24-73-23-22-72-21-19-64/h43-53,64H,14-42H2,1-13H3/t43-,44-,45-,46-,47-,48-,49-,50-,51-,52-,53-,87?,88?,89?,90?,91?,92?/m0/s1/i20T/t20-,43-,44-,45-,46-,47-,48-,49-,50-,51-,52-,53-,87?,88?,89?,90?,91?,92?. The molecule has 0 aromatic heterocycles. The molecule has 7 aliphatic rings. The summed E-state index contributed by atoms with van der Waals surface area (Å²) in [6.45, 7) is 21.1. The molecule has 18 atom stereocenters. The normalized spacial score (nSPS) is 34.4. The van der Waals surface area contributed by atoms with Gasteiger partial charge in [0.25, 0.3) is 37.6 Å². The van der Waals surface area contributed by atoms with Crippen molar-refractivity contribution in [2.24, 2.45) is 0 Å². The van der Waals surface area contributed by atoms with E-state index in [0.717, 1.165) is 6.54 Å². The van der Waals surface area contributed by atoms with Crippen molar-refractivity contribution in [1.82, 2.24) is 42.5 Å². The third-order valence-corrected chi connectivity index (χ3v) is 29.2. The molecule has 38 heteroatoms. The number of likely N-dealkylation sites (N-methyl/N-ethyl adjacent to an activating group) is 1. The molecule has 0 saturated carbocycles. The first kappa shape index (κ1) is 77.5. The summed E-state index contributed by atoms with van der Waals surface area (Å²) in [6, 6.07) is 0. The maximum atomic E-state index is 14.5. The van der Waals surface area contributed by atoms with E-state index in [9.17, 15) is 32.2 Å². The van der Waals surface area contributed by atoms with E-state index in [1.165, 1.54) is 29.6 Å². The van der Waals surface area contributed by atoms with Gasteiger partial charge in [0.15, 0.2) is 0 Å². The number of amides is 1. The summed E-state index contributed by atoms with van der Waals surface area (Å²) in [6.07, 6.45) is -5.37. The molecular formula is C54H109N9O23P6. The van der Waals surface area contributed by atoms with Gasteiger partial charge in [-0.05, 0) is 55.8 Å². The summed E-state index contributed by atoms with van der Waals surface area (Å²) in [4.78, 5) is 16.5. The van der Waals surface area contributed by atoms with Crippen molar-refractivity contribution in [2.75, 3.05) is 245 Å². The maximum absolute atomic E-state index is 14.5. The Labute approximate surface area is 547 Å². The zero-order valence-corrected chi connectivity index (χ0v) is 61.7. The molecule has 92 heavy (non-hydrogen) atoms. The van der Waals surface area contributed by atoms with Crippen LogP contribution in [0.15, 0.2) is 0 Å². The highest BCUT2D eigenvalue weighted by Gasteiger charge is 2.45. The van der Waals surface area contributed by atoms with E-state index in [-0.39, 0.29) is 175 Å². The number of ether oxygens (including phenoxy) is 9. The lowest BCUT2D eigenvalue weighted by molar-refractivity contribution is -0.0913. The average molecular weight is 1440 g/mol. The van der Waals surface area contributed by atoms with E-state index in [2.05, 4.69) is 4.90 Å². The summed E-state index contributed by atoms with van der Waals surface area (Å²) in [5.74, 6) is 0. The van der Waals surface area contributed by atoms with Crippen LogP contribution in [0.5, 0.6) is 0 Å². The number of nitrogens with zero attached hydrogens (tertiary/aromatic N) is 9. The number of aliphatic hydroxyl groups excluding tert-OH is 1. The molecule has 0 aromatic rings. The van der Waals surface area contributed by atoms with Crippen LogP contribution in [0.3, 0.4) is 0 Å². The summed E-state index contributed by atoms with van der Waals surface area (Å²) in [5.41, 5.74) is 0. The number of hydrogen-bond donors (Lipinski definition) is 1. The summed E-state index contributed by atoms with van der Waals surface area (Å²) >= 11 is 0. The first-order valence-electron chi connectivity index (χ1n) is 32.5. The second-order valence-electron chi connectivity index (χ2n) is 25.5. The topological polar surface area (TPSA) is 307 Å². The van der Waals surface area contributed by atoms with Crippen molar-refractivity contribution >= 4 is 51.4 Å². The van der Waals surface area contributed by atoms with Crippen LogP contribution in [0.1, 0.15) is 36.0 Å². The van der Waals surface area contributed by atoms with E-state index in [1.54, 1.807) is 55.4 Å². The molecule has 7 heterocycles. The second kappa shape index (κ2) is 35.9. The Morgan fingerprint density at radius 3 is 1.17 bits per heavy atom. The molecular weight excluding hydrogens is 1330 g/mol. The summed E-state index contributed by atoms with van der Waals surface area (Å²) in [5, 5.41) is 8.79. The van der Waals surface area contributed by atoms with Crippen LogP contribution >= 0.6 is 45.3 Å². The number of hydrogen-bond acceptors (Lipinski definition) is 24. The van der Waals surface area contributed by atoms with Gasteiger partial charge in [-0.1, -0.05) is 0 Å². The van der Waals surface area contributed by atoms with Gasteiger partial charge in [0.2, 0.25) is 0 Å². The van der Waals surface area contributed by atoms with Crippen LogP contribution in [0.25, 0.3) is 0 Å². The third-order valence-electron chi connectivity index (χ3n) is 16.7. The van der Waals surface area contributed by atoms with Crippen LogP contribution in [-0.4, -0.2) is 366 Å². The molecule has 1 N–H and O–H groups in total. The molecule has 7 rings (SSSR count). The van der Waals surface area contributed by atoms with Crippen LogP contribution < -0.4 is 0 Å². The fraction of sp³-hybridized carbons (Fsp3) is 0.981. The van der Waals surface area contributed by atoms with E-state index in [1.807, 2.05) is 41.7 Å². The lowest BCUT2D eigenvalue weighted by atomic mass is 10.2. The Kier molecular flexibility index (Phi) is 30.2. The highest BCUT2D eigenvalue weighted by molar-refractivity contribution is 7.57. The Bertz CT molecular complexity index is 2640. The van der Waals surface area contributed by atoms with Gasteiger partial charge in [0.05, 0.1) is 148 Å². The van der Waals surface area contributed by atoms with Gasteiger partial charge in [0.1, 0.15) is 6.61 Å². The van der Waals surface area contributed by atoms with Crippen molar-refractivity contribution in [2.45, 2.75) is 102 Å². The summed E-state index contributed by atoms with van der Waals surface area (Å²) < 4.78 is 196. The largest absolute Gasteiger partial charge is 0.447 e. The molecule has 32 nitrogen and oxygen atoms in total. The molecule has 7 aliphatic heterocycles. The highest BCUT2D eigenvalue weighted by Crippen LogP contribution is 2.56. The third kappa shape index (κ3) is 24.0. The van der Waals surface area contributed by atoms with Gasteiger partial charge in [0, 0.05) is 138 Å².